The Kier molecular flexibility index (Phi) is 7.73. The van der Waals surface area contributed by atoms with Crippen molar-refractivity contribution >= 4 is 17.8 Å². The van der Waals surface area contributed by atoms with Gasteiger partial charge in [0.2, 0.25) is 11.8 Å². The molecule has 0 bridgehead atoms. The van der Waals surface area contributed by atoms with E-state index < -0.39 is 24.2 Å². The van der Waals surface area contributed by atoms with Gasteiger partial charge < -0.3 is 15.3 Å². The van der Waals surface area contributed by atoms with Crippen LogP contribution >= 0.6 is 0 Å². The first kappa shape index (κ1) is 18.6. The molecule has 1 aromatic carbocycles. The van der Waals surface area contributed by atoms with Crippen molar-refractivity contribution in [3.05, 3.63) is 35.6 Å². The maximum Gasteiger partial charge on any atom is 0.323 e. The highest BCUT2D eigenvalue weighted by Gasteiger charge is 2.18. The van der Waals surface area contributed by atoms with E-state index in [1.807, 2.05) is 6.92 Å². The Morgan fingerprint density at radius 3 is 2.39 bits per heavy atom. The van der Waals surface area contributed by atoms with E-state index >= 15 is 0 Å². The summed E-state index contributed by atoms with van der Waals surface area (Å²) in [5.74, 6) is -2.21. The van der Waals surface area contributed by atoms with Gasteiger partial charge in [-0.2, -0.15) is 0 Å². The monoisotopic (exact) mass is 324 g/mol. The summed E-state index contributed by atoms with van der Waals surface area (Å²) >= 11 is 0. The molecule has 0 atom stereocenters. The van der Waals surface area contributed by atoms with Crippen molar-refractivity contribution in [2.75, 3.05) is 13.1 Å². The van der Waals surface area contributed by atoms with Gasteiger partial charge in [0.25, 0.3) is 0 Å². The zero-order chi connectivity index (χ0) is 17.2. The van der Waals surface area contributed by atoms with Crippen LogP contribution in [0.1, 0.15) is 31.7 Å². The predicted molar refractivity (Wildman–Crippen MR) is 82.0 cm³/mol. The standard InChI is InChI=1S/C16H21FN2O4/c1-2-9-18-14(20)7-8-15(21)19(11-16(22)23)10-12-3-5-13(17)6-4-12/h3-6H,2,7-11H2,1H3,(H,18,20)(H,22,23). The molecule has 0 unspecified atom stereocenters. The molecule has 0 radical (unpaired) electrons. The predicted octanol–water partition coefficient (Wildman–Crippen LogP) is 1.55. The minimum Gasteiger partial charge on any atom is -0.480 e. The molecule has 0 spiro atoms. The molecule has 0 fully saturated rings. The maximum absolute atomic E-state index is 12.9. The number of hydrogen-bond acceptors (Lipinski definition) is 3. The smallest absolute Gasteiger partial charge is 0.323 e. The molecule has 2 amide bonds. The van der Waals surface area contributed by atoms with Gasteiger partial charge in [0.1, 0.15) is 12.4 Å². The van der Waals surface area contributed by atoms with E-state index in [0.29, 0.717) is 12.1 Å². The second kappa shape index (κ2) is 9.55. The number of aliphatic carboxylic acids is 1. The third kappa shape index (κ3) is 7.39. The van der Waals surface area contributed by atoms with Crippen molar-refractivity contribution in [1.82, 2.24) is 10.2 Å². The van der Waals surface area contributed by atoms with E-state index in [1.54, 1.807) is 0 Å². The van der Waals surface area contributed by atoms with Crippen LogP contribution < -0.4 is 5.32 Å². The van der Waals surface area contributed by atoms with E-state index in [9.17, 15) is 18.8 Å². The summed E-state index contributed by atoms with van der Waals surface area (Å²) in [5, 5.41) is 11.6. The topological polar surface area (TPSA) is 86.7 Å². The molecule has 6 nitrogen and oxygen atoms in total. The number of nitrogens with one attached hydrogen (secondary N) is 1. The van der Waals surface area contributed by atoms with Gasteiger partial charge in [-0.1, -0.05) is 19.1 Å². The summed E-state index contributed by atoms with van der Waals surface area (Å²) in [4.78, 5) is 35.7. The number of carbonyl (C=O) groups is 3. The Morgan fingerprint density at radius 2 is 1.83 bits per heavy atom. The molecule has 0 aliphatic rings. The first-order chi connectivity index (χ1) is 10.9. The van der Waals surface area contributed by atoms with Crippen molar-refractivity contribution in [2.45, 2.75) is 32.7 Å². The third-order valence-corrected chi connectivity index (χ3v) is 3.10. The van der Waals surface area contributed by atoms with Crippen molar-refractivity contribution < 1.29 is 23.9 Å². The van der Waals surface area contributed by atoms with Crippen molar-refractivity contribution in [3.8, 4) is 0 Å². The normalized spacial score (nSPS) is 10.2. The van der Waals surface area contributed by atoms with Gasteiger partial charge >= 0.3 is 5.97 Å². The molecule has 126 valence electrons. The summed E-state index contributed by atoms with van der Waals surface area (Å²) in [6.45, 7) is 2.05. The Balaban J connectivity index is 2.61. The zero-order valence-electron chi connectivity index (χ0n) is 13.0. The van der Waals surface area contributed by atoms with Gasteiger partial charge in [-0.3, -0.25) is 14.4 Å². The molecule has 7 heteroatoms. The average molecular weight is 324 g/mol. The Bertz CT molecular complexity index is 546. The van der Waals surface area contributed by atoms with Gasteiger partial charge in [0, 0.05) is 25.9 Å². The average Bonchev–Trinajstić information content (AvgIpc) is 2.51. The van der Waals surface area contributed by atoms with Crippen molar-refractivity contribution in [2.24, 2.45) is 0 Å². The van der Waals surface area contributed by atoms with E-state index in [2.05, 4.69) is 5.32 Å². The lowest BCUT2D eigenvalue weighted by molar-refractivity contribution is -0.145. The van der Waals surface area contributed by atoms with Crippen LogP contribution in [-0.4, -0.2) is 40.9 Å². The number of carbonyl (C=O) groups excluding carboxylic acids is 2. The summed E-state index contributed by atoms with van der Waals surface area (Å²) in [5.41, 5.74) is 0.622. The number of carboxylic acid groups (broad SMARTS) is 1. The van der Waals surface area contributed by atoms with Crippen molar-refractivity contribution in [3.63, 3.8) is 0 Å². The number of hydrogen-bond donors (Lipinski definition) is 2. The van der Waals surface area contributed by atoms with Crippen molar-refractivity contribution in [1.29, 1.82) is 0 Å². The van der Waals surface area contributed by atoms with Gasteiger partial charge in [0.15, 0.2) is 0 Å². The Hall–Kier alpha value is -2.44. The largest absolute Gasteiger partial charge is 0.480 e. The summed E-state index contributed by atoms with van der Waals surface area (Å²) < 4.78 is 12.9. The molecular weight excluding hydrogens is 303 g/mol. The minimum atomic E-state index is -1.14. The molecule has 0 aliphatic carbocycles. The van der Waals surface area contributed by atoms with Crippen LogP contribution in [0.15, 0.2) is 24.3 Å². The zero-order valence-corrected chi connectivity index (χ0v) is 13.0. The number of amides is 2. The fraction of sp³-hybridized carbons (Fsp3) is 0.438. The summed E-state index contributed by atoms with van der Waals surface area (Å²) in [6.07, 6.45) is 0.748. The number of nitrogens with zero attached hydrogens (tertiary/aromatic N) is 1. The van der Waals surface area contributed by atoms with Gasteiger partial charge in [0.05, 0.1) is 0 Å². The lowest BCUT2D eigenvalue weighted by Crippen LogP contribution is -2.36. The number of carboxylic acids is 1. The van der Waals surface area contributed by atoms with E-state index in [-0.39, 0.29) is 25.3 Å². The molecule has 0 heterocycles. The first-order valence-corrected chi connectivity index (χ1v) is 7.43. The number of halogens is 1. The van der Waals surface area contributed by atoms with Crippen LogP contribution in [0.5, 0.6) is 0 Å². The fourth-order valence-electron chi connectivity index (χ4n) is 1.94. The second-order valence-electron chi connectivity index (χ2n) is 5.12. The SMILES string of the molecule is CCCNC(=O)CCC(=O)N(CC(=O)O)Cc1ccc(F)cc1. The lowest BCUT2D eigenvalue weighted by atomic mass is 10.2. The van der Waals surface area contributed by atoms with E-state index in [4.69, 9.17) is 5.11 Å². The molecule has 0 saturated carbocycles. The highest BCUT2D eigenvalue weighted by Crippen LogP contribution is 2.09. The Labute approximate surface area is 134 Å². The molecule has 0 aromatic heterocycles. The summed E-state index contributed by atoms with van der Waals surface area (Å²) in [7, 11) is 0. The van der Waals surface area contributed by atoms with Crippen LogP contribution in [0.4, 0.5) is 4.39 Å². The minimum absolute atomic E-state index is 0.0123. The van der Waals surface area contributed by atoms with Crippen LogP contribution in [0.25, 0.3) is 0 Å². The third-order valence-electron chi connectivity index (χ3n) is 3.10. The van der Waals surface area contributed by atoms with Gasteiger partial charge in [-0.25, -0.2) is 4.39 Å². The lowest BCUT2D eigenvalue weighted by Gasteiger charge is -2.21. The van der Waals surface area contributed by atoms with Gasteiger partial charge in [-0.05, 0) is 24.1 Å². The van der Waals surface area contributed by atoms with Crippen LogP contribution in [-0.2, 0) is 20.9 Å². The molecule has 2 N–H and O–H groups in total. The highest BCUT2D eigenvalue weighted by atomic mass is 19.1. The van der Waals surface area contributed by atoms with E-state index in [0.717, 1.165) is 11.3 Å². The molecular formula is C16H21FN2O4. The molecule has 1 aromatic rings. The second-order valence-corrected chi connectivity index (χ2v) is 5.12. The van der Waals surface area contributed by atoms with Gasteiger partial charge in [-0.15, -0.1) is 0 Å². The summed E-state index contributed by atoms with van der Waals surface area (Å²) in [6, 6.07) is 5.48. The quantitative estimate of drug-likeness (QED) is 0.721. The molecule has 0 aliphatic heterocycles. The maximum atomic E-state index is 12.9. The molecule has 0 saturated heterocycles. The van der Waals surface area contributed by atoms with Crippen LogP contribution in [0.2, 0.25) is 0 Å². The van der Waals surface area contributed by atoms with E-state index in [1.165, 1.54) is 24.3 Å². The fourth-order valence-corrected chi connectivity index (χ4v) is 1.94. The number of rotatable bonds is 9. The molecule has 1 rings (SSSR count). The Morgan fingerprint density at radius 1 is 1.17 bits per heavy atom. The van der Waals surface area contributed by atoms with Crippen LogP contribution in [0, 0.1) is 5.82 Å². The molecule has 23 heavy (non-hydrogen) atoms. The van der Waals surface area contributed by atoms with Crippen LogP contribution in [0.3, 0.4) is 0 Å². The first-order valence-electron chi connectivity index (χ1n) is 7.43. The number of benzene rings is 1. The highest BCUT2D eigenvalue weighted by molar-refractivity contribution is 5.85.